The predicted molar refractivity (Wildman–Crippen MR) is 124 cm³/mol. The lowest BCUT2D eigenvalue weighted by Gasteiger charge is -2.14. The second-order valence-corrected chi connectivity index (χ2v) is 7.82. The van der Waals surface area contributed by atoms with Crippen LogP contribution < -0.4 is 16.4 Å². The monoisotopic (exact) mass is 428 g/mol. The van der Waals surface area contributed by atoms with Gasteiger partial charge in [0.25, 0.3) is 5.91 Å². The van der Waals surface area contributed by atoms with Gasteiger partial charge in [-0.1, -0.05) is 42.5 Å². The van der Waals surface area contributed by atoms with E-state index in [4.69, 9.17) is 0 Å². The van der Waals surface area contributed by atoms with Crippen molar-refractivity contribution < 1.29 is 4.79 Å². The molecule has 1 amide bonds. The predicted octanol–water partition coefficient (Wildman–Crippen LogP) is 2.88. The van der Waals surface area contributed by atoms with Crippen LogP contribution in [0, 0.1) is 0 Å². The first-order chi connectivity index (χ1) is 15.5. The Labute approximate surface area is 184 Å². The number of H-pyrrole nitrogens is 1. The summed E-state index contributed by atoms with van der Waals surface area (Å²) in [5.41, 5.74) is 2.13. The molecule has 7 nitrogen and oxygen atoms in total. The SMILES string of the molecule is CC(CCc1ccccc1)NC(=O)c1ccc(Cn2c(=O)c(=O)[nH]c3cccnc32)cc1. The number of benzene rings is 2. The van der Waals surface area contributed by atoms with Crippen LogP contribution in [0.4, 0.5) is 0 Å². The Bertz CT molecular complexity index is 1340. The minimum Gasteiger partial charge on any atom is -0.350 e. The topological polar surface area (TPSA) is 96.9 Å². The van der Waals surface area contributed by atoms with Gasteiger partial charge in [0.1, 0.15) is 0 Å². The maximum atomic E-state index is 12.6. The van der Waals surface area contributed by atoms with Crippen LogP contribution in [0.25, 0.3) is 11.2 Å². The van der Waals surface area contributed by atoms with Crippen molar-refractivity contribution in [3.63, 3.8) is 0 Å². The number of rotatable bonds is 7. The molecule has 0 aliphatic heterocycles. The third-order valence-corrected chi connectivity index (χ3v) is 5.37. The summed E-state index contributed by atoms with van der Waals surface area (Å²) < 4.78 is 1.34. The Morgan fingerprint density at radius 3 is 2.50 bits per heavy atom. The van der Waals surface area contributed by atoms with Crippen LogP contribution in [0.3, 0.4) is 0 Å². The van der Waals surface area contributed by atoms with Crippen LogP contribution in [0.5, 0.6) is 0 Å². The number of aromatic amines is 1. The molecule has 0 bridgehead atoms. The van der Waals surface area contributed by atoms with Crippen molar-refractivity contribution in [1.29, 1.82) is 0 Å². The molecule has 0 saturated carbocycles. The number of hydrogen-bond donors (Lipinski definition) is 2. The largest absolute Gasteiger partial charge is 0.350 e. The fraction of sp³-hybridized carbons (Fsp3) is 0.200. The van der Waals surface area contributed by atoms with Gasteiger partial charge in [0.05, 0.1) is 12.1 Å². The molecular weight excluding hydrogens is 404 g/mol. The maximum absolute atomic E-state index is 12.6. The molecule has 7 heteroatoms. The highest BCUT2D eigenvalue weighted by molar-refractivity contribution is 5.94. The number of aromatic nitrogens is 3. The quantitative estimate of drug-likeness (QED) is 0.443. The minimum absolute atomic E-state index is 0.0365. The molecule has 2 aromatic carbocycles. The van der Waals surface area contributed by atoms with Gasteiger partial charge in [0, 0.05) is 17.8 Å². The fourth-order valence-corrected chi connectivity index (χ4v) is 3.60. The molecular formula is C25H24N4O3. The number of amides is 1. The van der Waals surface area contributed by atoms with Crippen molar-refractivity contribution in [3.8, 4) is 0 Å². The summed E-state index contributed by atoms with van der Waals surface area (Å²) in [5.74, 6) is -0.141. The Kier molecular flexibility index (Phi) is 6.26. The normalized spacial score (nSPS) is 11.9. The van der Waals surface area contributed by atoms with E-state index >= 15 is 0 Å². The van der Waals surface area contributed by atoms with E-state index in [2.05, 4.69) is 27.4 Å². The number of carbonyl (C=O) groups is 1. The van der Waals surface area contributed by atoms with Crippen molar-refractivity contribution in [3.05, 3.63) is 110 Å². The smallest absolute Gasteiger partial charge is 0.318 e. The van der Waals surface area contributed by atoms with Crippen molar-refractivity contribution in [2.75, 3.05) is 0 Å². The number of fused-ring (bicyclic) bond motifs is 1. The van der Waals surface area contributed by atoms with Gasteiger partial charge in [-0.3, -0.25) is 19.0 Å². The highest BCUT2D eigenvalue weighted by atomic mass is 16.2. The molecule has 162 valence electrons. The first-order valence-corrected chi connectivity index (χ1v) is 10.5. The van der Waals surface area contributed by atoms with E-state index < -0.39 is 11.1 Å². The van der Waals surface area contributed by atoms with E-state index in [-0.39, 0.29) is 18.5 Å². The number of nitrogens with zero attached hydrogens (tertiary/aromatic N) is 2. The summed E-state index contributed by atoms with van der Waals surface area (Å²) in [4.78, 5) is 43.7. The second kappa shape index (κ2) is 9.43. The van der Waals surface area contributed by atoms with Crippen molar-refractivity contribution in [1.82, 2.24) is 19.9 Å². The van der Waals surface area contributed by atoms with Crippen LogP contribution in [0.2, 0.25) is 0 Å². The summed E-state index contributed by atoms with van der Waals surface area (Å²) in [6, 6.07) is 20.6. The zero-order chi connectivity index (χ0) is 22.5. The lowest BCUT2D eigenvalue weighted by atomic mass is 10.1. The lowest BCUT2D eigenvalue weighted by Crippen LogP contribution is -2.37. The molecule has 2 heterocycles. The summed E-state index contributed by atoms with van der Waals surface area (Å²) >= 11 is 0. The zero-order valence-corrected chi connectivity index (χ0v) is 17.7. The van der Waals surface area contributed by atoms with Gasteiger partial charge in [-0.05, 0) is 55.2 Å². The van der Waals surface area contributed by atoms with E-state index in [9.17, 15) is 14.4 Å². The molecule has 2 N–H and O–H groups in total. The Balaban J connectivity index is 1.43. The maximum Gasteiger partial charge on any atom is 0.318 e. The third-order valence-electron chi connectivity index (χ3n) is 5.37. The van der Waals surface area contributed by atoms with Crippen LogP contribution in [0.15, 0.2) is 82.5 Å². The number of carbonyl (C=O) groups excluding carboxylic acids is 1. The lowest BCUT2D eigenvalue weighted by molar-refractivity contribution is 0.0938. The molecule has 0 radical (unpaired) electrons. The first-order valence-electron chi connectivity index (χ1n) is 10.5. The van der Waals surface area contributed by atoms with Crippen molar-refractivity contribution in [2.24, 2.45) is 0 Å². The molecule has 0 fully saturated rings. The van der Waals surface area contributed by atoms with Gasteiger partial charge in [-0.2, -0.15) is 0 Å². The standard InChI is InChI=1S/C25H24N4O3/c1-17(9-10-18-6-3-2-4-7-18)27-23(30)20-13-11-19(12-14-20)16-29-22-21(8-5-15-26-22)28-24(31)25(29)32/h2-8,11-15,17H,9-10,16H2,1H3,(H,27,30)(H,28,31). The average molecular weight is 428 g/mol. The molecule has 0 aliphatic carbocycles. The van der Waals surface area contributed by atoms with E-state index in [1.165, 1.54) is 10.1 Å². The molecule has 4 aromatic rings. The number of pyridine rings is 1. The van der Waals surface area contributed by atoms with Gasteiger partial charge in [0.2, 0.25) is 0 Å². The molecule has 0 aliphatic rings. The van der Waals surface area contributed by atoms with E-state index in [1.54, 1.807) is 42.6 Å². The highest BCUT2D eigenvalue weighted by Crippen LogP contribution is 2.10. The van der Waals surface area contributed by atoms with Gasteiger partial charge in [-0.25, -0.2) is 4.98 Å². The molecule has 2 aromatic heterocycles. The van der Waals surface area contributed by atoms with Crippen LogP contribution >= 0.6 is 0 Å². The third kappa shape index (κ3) is 4.83. The van der Waals surface area contributed by atoms with Crippen LogP contribution in [-0.2, 0) is 13.0 Å². The highest BCUT2D eigenvalue weighted by Gasteiger charge is 2.12. The Hall–Kier alpha value is -4.00. The van der Waals surface area contributed by atoms with Gasteiger partial charge >= 0.3 is 11.1 Å². The molecule has 0 saturated heterocycles. The van der Waals surface area contributed by atoms with Gasteiger partial charge in [-0.15, -0.1) is 0 Å². The number of hydrogen-bond acceptors (Lipinski definition) is 4. The zero-order valence-electron chi connectivity index (χ0n) is 17.7. The van der Waals surface area contributed by atoms with E-state index in [0.717, 1.165) is 18.4 Å². The second-order valence-electron chi connectivity index (χ2n) is 7.82. The van der Waals surface area contributed by atoms with E-state index in [0.29, 0.717) is 16.7 Å². The van der Waals surface area contributed by atoms with Crippen LogP contribution in [0.1, 0.15) is 34.8 Å². The molecule has 32 heavy (non-hydrogen) atoms. The Morgan fingerprint density at radius 1 is 1.00 bits per heavy atom. The first kappa shape index (κ1) is 21.2. The van der Waals surface area contributed by atoms with Gasteiger partial charge < -0.3 is 10.3 Å². The average Bonchev–Trinajstić information content (AvgIpc) is 2.81. The van der Waals surface area contributed by atoms with Crippen LogP contribution in [-0.4, -0.2) is 26.5 Å². The Morgan fingerprint density at radius 2 is 1.75 bits per heavy atom. The summed E-state index contributed by atoms with van der Waals surface area (Å²) in [6.07, 6.45) is 3.32. The molecule has 0 spiro atoms. The summed E-state index contributed by atoms with van der Waals surface area (Å²) in [6.45, 7) is 2.18. The van der Waals surface area contributed by atoms with Crippen molar-refractivity contribution >= 4 is 17.1 Å². The van der Waals surface area contributed by atoms with Gasteiger partial charge in [0.15, 0.2) is 5.65 Å². The molecule has 1 atom stereocenters. The number of aryl methyl sites for hydroxylation is 1. The van der Waals surface area contributed by atoms with Crippen molar-refractivity contribution in [2.45, 2.75) is 32.4 Å². The van der Waals surface area contributed by atoms with E-state index in [1.807, 2.05) is 25.1 Å². The summed E-state index contributed by atoms with van der Waals surface area (Å²) in [5, 5.41) is 3.03. The summed E-state index contributed by atoms with van der Waals surface area (Å²) in [7, 11) is 0. The fourth-order valence-electron chi connectivity index (χ4n) is 3.60. The number of nitrogens with one attached hydrogen (secondary N) is 2. The molecule has 4 rings (SSSR count). The molecule has 1 unspecified atom stereocenters. The minimum atomic E-state index is -0.689.